The molecule has 0 spiro atoms. The molecule has 1 saturated heterocycles. The molecule has 0 bridgehead atoms. The van der Waals surface area contributed by atoms with E-state index in [2.05, 4.69) is 0 Å². The summed E-state index contributed by atoms with van der Waals surface area (Å²) in [4.78, 5) is 9.96. The van der Waals surface area contributed by atoms with Crippen LogP contribution in [-0.4, -0.2) is 18.7 Å². The Bertz CT molecular complexity index is 105. The van der Waals surface area contributed by atoms with Gasteiger partial charge in [-0.3, -0.25) is 0 Å². The predicted octanol–water partition coefficient (Wildman–Crippen LogP) is -0.695. The number of hydrogen-bond acceptors (Lipinski definition) is 3. The first kappa shape index (κ1) is 6.55. The summed E-state index contributed by atoms with van der Waals surface area (Å²) in [5.74, 6) is -1.01. The van der Waals surface area contributed by atoms with Crippen LogP contribution in [0.25, 0.3) is 0 Å². The van der Waals surface area contributed by atoms with Crippen molar-refractivity contribution >= 4 is 5.97 Å². The van der Waals surface area contributed by atoms with Gasteiger partial charge in [-0.1, -0.05) is 0 Å². The third-order valence-electron chi connectivity index (χ3n) is 1.42. The molecule has 0 unspecified atom stereocenters. The van der Waals surface area contributed by atoms with Crippen molar-refractivity contribution in [3.8, 4) is 0 Å². The van der Waals surface area contributed by atoms with Gasteiger partial charge in [0.05, 0.1) is 6.10 Å². The molecule has 0 aliphatic carbocycles. The predicted molar refractivity (Wildman–Crippen MR) is 28.6 cm³/mol. The van der Waals surface area contributed by atoms with Gasteiger partial charge in [0.2, 0.25) is 0 Å². The fourth-order valence-corrected chi connectivity index (χ4v) is 0.991. The lowest BCUT2D eigenvalue weighted by molar-refractivity contribution is -0.307. The maximum absolute atomic E-state index is 9.96. The first-order chi connectivity index (χ1) is 4.29. The molecular formula is C6H9O3-. The number of carboxylic acids is 1. The quantitative estimate of drug-likeness (QED) is 0.495. The Balaban J connectivity index is 2.19. The average Bonchev–Trinajstić information content (AvgIpc) is 2.15. The van der Waals surface area contributed by atoms with E-state index in [4.69, 9.17) is 4.74 Å². The molecule has 0 amide bonds. The standard InChI is InChI=1S/C6H10O3/c7-6(8)4-5-2-1-3-9-5/h5H,1-4H2,(H,7,8)/p-1/t5-/m0/s1. The first-order valence-electron chi connectivity index (χ1n) is 3.10. The molecule has 1 heterocycles. The number of carboxylic acid groups (broad SMARTS) is 1. The van der Waals surface area contributed by atoms with Crippen LogP contribution >= 0.6 is 0 Å². The van der Waals surface area contributed by atoms with E-state index in [0.29, 0.717) is 6.61 Å². The van der Waals surface area contributed by atoms with Crippen molar-refractivity contribution in [2.45, 2.75) is 25.4 Å². The summed E-state index contributed by atoms with van der Waals surface area (Å²) in [6, 6.07) is 0. The maximum Gasteiger partial charge on any atom is 0.0628 e. The Labute approximate surface area is 53.6 Å². The van der Waals surface area contributed by atoms with Gasteiger partial charge in [0, 0.05) is 19.0 Å². The second kappa shape index (κ2) is 2.82. The molecule has 1 fully saturated rings. The van der Waals surface area contributed by atoms with Gasteiger partial charge in [0.25, 0.3) is 0 Å². The molecule has 52 valence electrons. The molecule has 1 rings (SSSR count). The van der Waals surface area contributed by atoms with Crippen LogP contribution in [0.2, 0.25) is 0 Å². The summed E-state index contributed by atoms with van der Waals surface area (Å²) >= 11 is 0. The van der Waals surface area contributed by atoms with Crippen LogP contribution in [0.4, 0.5) is 0 Å². The summed E-state index contributed by atoms with van der Waals surface area (Å²) < 4.78 is 5.04. The highest BCUT2D eigenvalue weighted by Crippen LogP contribution is 2.13. The molecule has 0 aromatic rings. The third-order valence-corrected chi connectivity index (χ3v) is 1.42. The molecule has 1 aliphatic rings. The normalized spacial score (nSPS) is 26.4. The number of aliphatic carboxylic acids is 1. The highest BCUT2D eigenvalue weighted by atomic mass is 16.5. The third kappa shape index (κ3) is 2.01. The highest BCUT2D eigenvalue weighted by Gasteiger charge is 2.14. The van der Waals surface area contributed by atoms with E-state index in [1.807, 2.05) is 0 Å². The van der Waals surface area contributed by atoms with Crippen LogP contribution in [0, 0.1) is 0 Å². The van der Waals surface area contributed by atoms with Gasteiger partial charge in [-0.2, -0.15) is 0 Å². The van der Waals surface area contributed by atoms with Gasteiger partial charge in [0.1, 0.15) is 0 Å². The Morgan fingerprint density at radius 3 is 3.00 bits per heavy atom. The Kier molecular flexibility index (Phi) is 2.05. The van der Waals surface area contributed by atoms with E-state index in [1.54, 1.807) is 0 Å². The van der Waals surface area contributed by atoms with Crippen LogP contribution < -0.4 is 5.11 Å². The zero-order chi connectivity index (χ0) is 6.69. The lowest BCUT2D eigenvalue weighted by Gasteiger charge is -2.08. The van der Waals surface area contributed by atoms with Gasteiger partial charge in [-0.15, -0.1) is 0 Å². The van der Waals surface area contributed by atoms with Crippen molar-refractivity contribution in [2.75, 3.05) is 6.61 Å². The fourth-order valence-electron chi connectivity index (χ4n) is 0.991. The lowest BCUT2D eigenvalue weighted by atomic mass is 10.2. The molecule has 0 N–H and O–H groups in total. The monoisotopic (exact) mass is 129 g/mol. The topological polar surface area (TPSA) is 49.4 Å². The van der Waals surface area contributed by atoms with Crippen molar-refractivity contribution in [3.63, 3.8) is 0 Å². The molecule has 0 saturated carbocycles. The van der Waals surface area contributed by atoms with Crippen molar-refractivity contribution < 1.29 is 14.6 Å². The molecule has 1 aliphatic heterocycles. The minimum Gasteiger partial charge on any atom is -0.550 e. The molecule has 3 nitrogen and oxygen atoms in total. The average molecular weight is 129 g/mol. The number of ether oxygens (including phenoxy) is 1. The van der Waals surface area contributed by atoms with Crippen molar-refractivity contribution in [2.24, 2.45) is 0 Å². The summed E-state index contributed by atoms with van der Waals surface area (Å²) in [5.41, 5.74) is 0. The maximum atomic E-state index is 9.96. The minimum atomic E-state index is -1.01. The Morgan fingerprint density at radius 2 is 2.56 bits per heavy atom. The number of carbonyl (C=O) groups is 1. The van der Waals surface area contributed by atoms with Crippen molar-refractivity contribution in [1.29, 1.82) is 0 Å². The summed E-state index contributed by atoms with van der Waals surface area (Å²) in [5, 5.41) is 9.96. The Hall–Kier alpha value is -0.570. The summed E-state index contributed by atoms with van der Waals surface area (Å²) in [6.07, 6.45) is 1.83. The molecule has 0 radical (unpaired) electrons. The largest absolute Gasteiger partial charge is 0.550 e. The summed E-state index contributed by atoms with van der Waals surface area (Å²) in [7, 11) is 0. The van der Waals surface area contributed by atoms with Crippen molar-refractivity contribution in [1.82, 2.24) is 0 Å². The molecule has 0 aromatic carbocycles. The number of hydrogen-bond donors (Lipinski definition) is 0. The van der Waals surface area contributed by atoms with Gasteiger partial charge in [0.15, 0.2) is 0 Å². The van der Waals surface area contributed by atoms with Crippen LogP contribution in [0.5, 0.6) is 0 Å². The van der Waals surface area contributed by atoms with E-state index in [9.17, 15) is 9.90 Å². The van der Waals surface area contributed by atoms with E-state index in [-0.39, 0.29) is 12.5 Å². The first-order valence-corrected chi connectivity index (χ1v) is 3.10. The zero-order valence-corrected chi connectivity index (χ0v) is 5.13. The van der Waals surface area contributed by atoms with Crippen molar-refractivity contribution in [3.05, 3.63) is 0 Å². The van der Waals surface area contributed by atoms with Crippen LogP contribution in [0.3, 0.4) is 0 Å². The molecule has 3 heteroatoms. The van der Waals surface area contributed by atoms with Gasteiger partial charge < -0.3 is 14.6 Å². The second-order valence-corrected chi connectivity index (χ2v) is 2.21. The molecule has 9 heavy (non-hydrogen) atoms. The minimum absolute atomic E-state index is 0.0556. The van der Waals surface area contributed by atoms with E-state index >= 15 is 0 Å². The smallest absolute Gasteiger partial charge is 0.0628 e. The van der Waals surface area contributed by atoms with E-state index in [0.717, 1.165) is 12.8 Å². The van der Waals surface area contributed by atoms with E-state index < -0.39 is 5.97 Å². The van der Waals surface area contributed by atoms with Crippen LogP contribution in [-0.2, 0) is 9.53 Å². The van der Waals surface area contributed by atoms with Gasteiger partial charge in [-0.05, 0) is 12.8 Å². The molecule has 0 aromatic heterocycles. The van der Waals surface area contributed by atoms with E-state index in [1.165, 1.54) is 0 Å². The lowest BCUT2D eigenvalue weighted by Crippen LogP contribution is -2.26. The zero-order valence-electron chi connectivity index (χ0n) is 5.13. The molecular weight excluding hydrogens is 120 g/mol. The van der Waals surface area contributed by atoms with Gasteiger partial charge in [-0.25, -0.2) is 0 Å². The fraction of sp³-hybridized carbons (Fsp3) is 0.833. The second-order valence-electron chi connectivity index (χ2n) is 2.21. The summed E-state index contributed by atoms with van der Waals surface area (Å²) in [6.45, 7) is 0.706. The van der Waals surface area contributed by atoms with Crippen LogP contribution in [0.15, 0.2) is 0 Å². The number of carbonyl (C=O) groups excluding carboxylic acids is 1. The number of rotatable bonds is 2. The molecule has 1 atom stereocenters. The Morgan fingerprint density at radius 1 is 1.78 bits per heavy atom. The SMILES string of the molecule is O=C([O-])C[C@@H]1CCCO1. The van der Waals surface area contributed by atoms with Crippen LogP contribution in [0.1, 0.15) is 19.3 Å². The highest BCUT2D eigenvalue weighted by molar-refractivity contribution is 5.64. The van der Waals surface area contributed by atoms with Gasteiger partial charge >= 0.3 is 0 Å².